The number of carbonyl (C=O) groups excluding carboxylic acids is 2. The van der Waals surface area contributed by atoms with Crippen LogP contribution in [0.2, 0.25) is 5.02 Å². The second-order valence-electron chi connectivity index (χ2n) is 10.9. The molecule has 3 aliphatic heterocycles. The summed E-state index contributed by atoms with van der Waals surface area (Å²) in [4.78, 5) is 45.0. The van der Waals surface area contributed by atoms with Crippen LogP contribution in [0.4, 0.5) is 13.6 Å². The zero-order chi connectivity index (χ0) is 29.7. The summed E-state index contributed by atoms with van der Waals surface area (Å²) in [5, 5.41) is 9.51. The van der Waals surface area contributed by atoms with Gasteiger partial charge in [0.05, 0.1) is 31.7 Å². The SMILES string of the molecule is CCOC(=O)C(c1ncn2c1C[C@@H](F)C2)N1Cc2c(Cl)cc(-c3ccc([C@@H]4CCN(C(=O)O)C[C@H]4F)cc3)cc2C1=O. The standard InChI is InChI=1S/C30H29ClF2N4O5/c1-2-42-29(39)27(26-25-11-19(32)12-36(25)15-34-26)37-13-22-21(28(37)38)9-18(10-23(22)31)16-3-5-17(6-4-16)20-7-8-35(30(40)41)14-24(20)33/h3-6,9-10,15,19-20,24,27H,2,7-8,11-14H2,1H3,(H,40,41)/t19-,20+,24-,27?/m1/s1. The van der Waals surface area contributed by atoms with Crippen molar-refractivity contribution in [1.29, 1.82) is 0 Å². The molecule has 1 aromatic heterocycles. The Balaban J connectivity index is 1.27. The number of nitrogens with zero attached hydrogens (tertiary/aromatic N) is 4. The maximum Gasteiger partial charge on any atom is 0.407 e. The molecule has 0 saturated carbocycles. The minimum Gasteiger partial charge on any atom is -0.465 e. The van der Waals surface area contributed by atoms with Crippen LogP contribution in [0.1, 0.15) is 58.2 Å². The van der Waals surface area contributed by atoms with Crippen molar-refractivity contribution in [3.63, 3.8) is 0 Å². The average Bonchev–Trinajstić information content (AvgIpc) is 3.62. The maximum absolute atomic E-state index is 14.8. The lowest BCUT2D eigenvalue weighted by Crippen LogP contribution is -2.43. The summed E-state index contributed by atoms with van der Waals surface area (Å²) < 4.78 is 35.9. The molecular formula is C30H29ClF2N4O5. The van der Waals surface area contributed by atoms with E-state index in [1.54, 1.807) is 23.6 Å². The Morgan fingerprint density at radius 3 is 2.62 bits per heavy atom. The third-order valence-electron chi connectivity index (χ3n) is 8.37. The van der Waals surface area contributed by atoms with Crippen molar-refractivity contribution in [1.82, 2.24) is 19.4 Å². The van der Waals surface area contributed by atoms with E-state index in [1.165, 1.54) is 11.2 Å². The zero-order valence-corrected chi connectivity index (χ0v) is 23.6. The number of esters is 1. The van der Waals surface area contributed by atoms with Crippen molar-refractivity contribution >= 4 is 29.6 Å². The number of aromatic nitrogens is 2. The Kier molecular flexibility index (Phi) is 7.38. The molecule has 1 fully saturated rings. The zero-order valence-electron chi connectivity index (χ0n) is 22.8. The van der Waals surface area contributed by atoms with Crippen LogP contribution in [0.5, 0.6) is 0 Å². The highest BCUT2D eigenvalue weighted by atomic mass is 35.5. The normalized spacial score (nSPS) is 22.2. The molecule has 2 amide bonds. The Hall–Kier alpha value is -3.99. The number of carbonyl (C=O) groups is 3. The van der Waals surface area contributed by atoms with Gasteiger partial charge < -0.3 is 24.2 Å². The molecule has 1 N–H and O–H groups in total. The monoisotopic (exact) mass is 598 g/mol. The average molecular weight is 599 g/mol. The molecule has 3 aliphatic rings. The van der Waals surface area contributed by atoms with Crippen LogP contribution in [-0.2, 0) is 29.0 Å². The molecule has 42 heavy (non-hydrogen) atoms. The molecule has 0 bridgehead atoms. The summed E-state index contributed by atoms with van der Waals surface area (Å²) in [6.07, 6.45) is -1.55. The fraction of sp³-hybridized carbons (Fsp3) is 0.400. The second-order valence-corrected chi connectivity index (χ2v) is 11.3. The number of piperidine rings is 1. The number of rotatable bonds is 6. The van der Waals surface area contributed by atoms with Gasteiger partial charge in [0.25, 0.3) is 5.91 Å². The summed E-state index contributed by atoms with van der Waals surface area (Å²) in [5.41, 5.74) is 4.00. The van der Waals surface area contributed by atoms with E-state index in [2.05, 4.69) is 4.98 Å². The van der Waals surface area contributed by atoms with E-state index in [4.69, 9.17) is 21.4 Å². The number of amides is 2. The van der Waals surface area contributed by atoms with Crippen molar-refractivity contribution in [3.8, 4) is 11.1 Å². The van der Waals surface area contributed by atoms with Crippen LogP contribution < -0.4 is 0 Å². The minimum absolute atomic E-state index is 0.0635. The molecule has 1 unspecified atom stereocenters. The number of halogens is 3. The van der Waals surface area contributed by atoms with Gasteiger partial charge in [-0.15, -0.1) is 0 Å². The van der Waals surface area contributed by atoms with E-state index in [0.717, 1.165) is 16.0 Å². The first-order valence-electron chi connectivity index (χ1n) is 13.9. The van der Waals surface area contributed by atoms with Gasteiger partial charge in [-0.05, 0) is 42.2 Å². The maximum atomic E-state index is 14.8. The summed E-state index contributed by atoms with van der Waals surface area (Å²) in [6.45, 7) is 2.09. The van der Waals surface area contributed by atoms with Gasteiger partial charge in [0, 0.05) is 47.3 Å². The van der Waals surface area contributed by atoms with Crippen LogP contribution in [-0.4, -0.2) is 74.5 Å². The highest BCUT2D eigenvalue weighted by Gasteiger charge is 2.43. The van der Waals surface area contributed by atoms with E-state index in [1.807, 2.05) is 24.3 Å². The summed E-state index contributed by atoms with van der Waals surface area (Å²) in [7, 11) is 0. The Labute approximate surface area is 245 Å². The van der Waals surface area contributed by atoms with Crippen molar-refractivity contribution in [3.05, 3.63) is 75.8 Å². The molecule has 9 nitrogen and oxygen atoms in total. The van der Waals surface area contributed by atoms with E-state index >= 15 is 0 Å². The molecule has 0 spiro atoms. The summed E-state index contributed by atoms with van der Waals surface area (Å²) >= 11 is 6.68. The lowest BCUT2D eigenvalue weighted by atomic mass is 9.87. The predicted octanol–water partition coefficient (Wildman–Crippen LogP) is 5.16. The third-order valence-corrected chi connectivity index (χ3v) is 8.71. The van der Waals surface area contributed by atoms with Crippen LogP contribution in [0.3, 0.4) is 0 Å². The quantitative estimate of drug-likeness (QED) is 0.393. The van der Waals surface area contributed by atoms with Gasteiger partial charge in [-0.25, -0.2) is 23.4 Å². The molecule has 1 saturated heterocycles. The topological polar surface area (TPSA) is 105 Å². The first-order chi connectivity index (χ1) is 20.2. The number of fused-ring (bicyclic) bond motifs is 2. The summed E-state index contributed by atoms with van der Waals surface area (Å²) in [5.74, 6) is -1.47. The molecule has 0 radical (unpaired) electrons. The number of hydrogen-bond acceptors (Lipinski definition) is 5. The summed E-state index contributed by atoms with van der Waals surface area (Å²) in [6, 6.07) is 9.59. The highest BCUT2D eigenvalue weighted by Crippen LogP contribution is 2.40. The Morgan fingerprint density at radius 2 is 1.93 bits per heavy atom. The van der Waals surface area contributed by atoms with Gasteiger partial charge in [-0.3, -0.25) is 4.79 Å². The van der Waals surface area contributed by atoms with Gasteiger partial charge in [0.2, 0.25) is 0 Å². The van der Waals surface area contributed by atoms with Gasteiger partial charge in [0.15, 0.2) is 6.04 Å². The van der Waals surface area contributed by atoms with Crippen molar-refractivity contribution < 1.29 is 33.0 Å². The molecule has 220 valence electrons. The van der Waals surface area contributed by atoms with Crippen LogP contribution in [0, 0.1) is 0 Å². The fourth-order valence-corrected chi connectivity index (χ4v) is 6.54. The van der Waals surface area contributed by atoms with Gasteiger partial charge >= 0.3 is 12.1 Å². The van der Waals surface area contributed by atoms with Crippen LogP contribution >= 0.6 is 11.6 Å². The van der Waals surface area contributed by atoms with Crippen molar-refractivity contribution in [2.24, 2.45) is 0 Å². The van der Waals surface area contributed by atoms with E-state index in [0.29, 0.717) is 39.5 Å². The number of benzene rings is 2. The van der Waals surface area contributed by atoms with Gasteiger partial charge in [-0.1, -0.05) is 35.9 Å². The minimum atomic E-state index is -1.31. The second kappa shape index (κ2) is 11.0. The van der Waals surface area contributed by atoms with Gasteiger partial charge in [-0.2, -0.15) is 0 Å². The lowest BCUT2D eigenvalue weighted by molar-refractivity contribution is -0.149. The van der Waals surface area contributed by atoms with E-state index in [-0.39, 0.29) is 39.2 Å². The fourth-order valence-electron chi connectivity index (χ4n) is 6.26. The molecule has 12 heteroatoms. The molecule has 3 aromatic rings. The number of likely N-dealkylation sites (tertiary alicyclic amines) is 1. The van der Waals surface area contributed by atoms with Crippen LogP contribution in [0.25, 0.3) is 11.1 Å². The molecule has 4 atom stereocenters. The predicted molar refractivity (Wildman–Crippen MR) is 149 cm³/mol. The largest absolute Gasteiger partial charge is 0.465 e. The number of imidazole rings is 1. The molecule has 2 aromatic carbocycles. The third kappa shape index (κ3) is 4.89. The molecular weight excluding hydrogens is 570 g/mol. The highest BCUT2D eigenvalue weighted by molar-refractivity contribution is 6.32. The lowest BCUT2D eigenvalue weighted by Gasteiger charge is -2.33. The molecule has 6 rings (SSSR count). The number of carboxylic acid groups (broad SMARTS) is 1. The van der Waals surface area contributed by atoms with E-state index in [9.17, 15) is 23.2 Å². The first kappa shape index (κ1) is 28.1. The number of hydrogen-bond donors (Lipinski definition) is 1. The van der Waals surface area contributed by atoms with Crippen molar-refractivity contribution in [2.75, 3.05) is 19.7 Å². The molecule has 0 aliphatic carbocycles. The van der Waals surface area contributed by atoms with Gasteiger partial charge in [0.1, 0.15) is 12.3 Å². The Morgan fingerprint density at radius 1 is 1.17 bits per heavy atom. The number of ether oxygens (including phenoxy) is 1. The van der Waals surface area contributed by atoms with E-state index < -0.39 is 42.3 Å². The van der Waals surface area contributed by atoms with Crippen molar-refractivity contribution in [2.45, 2.75) is 57.2 Å². The first-order valence-corrected chi connectivity index (χ1v) is 14.2. The number of alkyl halides is 2. The Bertz CT molecular complexity index is 1560. The molecule has 4 heterocycles. The van der Waals surface area contributed by atoms with Crippen LogP contribution in [0.15, 0.2) is 42.7 Å². The smallest absolute Gasteiger partial charge is 0.407 e.